The number of nitrogens with one attached hydrogen (secondary N) is 2. The summed E-state index contributed by atoms with van der Waals surface area (Å²) in [6.45, 7) is 6.37. The third kappa shape index (κ3) is 5.18. The van der Waals surface area contributed by atoms with Crippen molar-refractivity contribution < 1.29 is 19.2 Å². The molecule has 2 aliphatic heterocycles. The molecule has 170 valence electrons. The molecular weight excluding hydrogens is 414 g/mol. The van der Waals surface area contributed by atoms with Gasteiger partial charge in [0.2, 0.25) is 6.79 Å². The van der Waals surface area contributed by atoms with E-state index in [-0.39, 0.29) is 12.7 Å². The van der Waals surface area contributed by atoms with Gasteiger partial charge in [0.15, 0.2) is 11.5 Å². The molecule has 2 N–H and O–H groups in total. The maximum absolute atomic E-state index is 12.6. The minimum absolute atomic E-state index is 0.130. The van der Waals surface area contributed by atoms with Crippen molar-refractivity contribution in [2.45, 2.75) is 13.1 Å². The smallest absolute Gasteiger partial charge is 0.251 e. The van der Waals surface area contributed by atoms with E-state index in [1.165, 1.54) is 24.2 Å². The Morgan fingerprint density at radius 3 is 2.39 bits per heavy atom. The Balaban J connectivity index is 1.23. The van der Waals surface area contributed by atoms with E-state index in [4.69, 9.17) is 9.47 Å². The van der Waals surface area contributed by atoms with Crippen LogP contribution in [0.25, 0.3) is 11.1 Å². The molecule has 0 spiro atoms. The number of nitrogens with zero attached hydrogens (tertiary/aromatic N) is 1. The van der Waals surface area contributed by atoms with Gasteiger partial charge in [0.05, 0.1) is 20.1 Å². The van der Waals surface area contributed by atoms with E-state index in [0.29, 0.717) is 23.6 Å². The summed E-state index contributed by atoms with van der Waals surface area (Å²) in [5, 5.41) is 3.01. The van der Waals surface area contributed by atoms with Crippen molar-refractivity contribution in [3.63, 3.8) is 0 Å². The summed E-state index contributed by atoms with van der Waals surface area (Å²) in [5.74, 6) is 1.16. The molecule has 1 fully saturated rings. The molecule has 3 aromatic carbocycles. The van der Waals surface area contributed by atoms with Gasteiger partial charge in [-0.15, -0.1) is 0 Å². The lowest BCUT2D eigenvalue weighted by atomic mass is 10.0. The highest BCUT2D eigenvalue weighted by Crippen LogP contribution is 2.32. The van der Waals surface area contributed by atoms with Gasteiger partial charge in [-0.2, -0.15) is 0 Å². The van der Waals surface area contributed by atoms with Crippen molar-refractivity contribution in [2.75, 3.05) is 40.0 Å². The number of hydrogen-bond donors (Lipinski definition) is 2. The zero-order valence-electron chi connectivity index (χ0n) is 19.0. The minimum Gasteiger partial charge on any atom is -0.454 e. The fraction of sp³-hybridized carbons (Fsp3) is 0.296. The molecule has 0 unspecified atom stereocenters. The summed E-state index contributed by atoms with van der Waals surface area (Å²) in [4.78, 5) is 16.8. The second-order valence-corrected chi connectivity index (χ2v) is 8.88. The van der Waals surface area contributed by atoms with Gasteiger partial charge in [-0.1, -0.05) is 36.4 Å². The van der Waals surface area contributed by atoms with E-state index in [0.717, 1.165) is 30.8 Å². The topological polar surface area (TPSA) is 55.2 Å². The Labute approximate surface area is 194 Å². The molecule has 33 heavy (non-hydrogen) atoms. The van der Waals surface area contributed by atoms with Crippen molar-refractivity contribution in [3.8, 4) is 22.6 Å². The van der Waals surface area contributed by atoms with Crippen LogP contribution in [0.4, 0.5) is 0 Å². The molecule has 6 heteroatoms. The monoisotopic (exact) mass is 444 g/mol. The summed E-state index contributed by atoms with van der Waals surface area (Å²) in [6.07, 6.45) is 0. The van der Waals surface area contributed by atoms with Crippen molar-refractivity contribution >= 4 is 5.91 Å². The molecule has 2 heterocycles. The highest BCUT2D eigenvalue weighted by Gasteiger charge is 2.17. The zero-order valence-corrected chi connectivity index (χ0v) is 19.0. The van der Waals surface area contributed by atoms with Crippen LogP contribution in [0, 0.1) is 0 Å². The highest BCUT2D eigenvalue weighted by molar-refractivity contribution is 5.94. The van der Waals surface area contributed by atoms with Gasteiger partial charge in [-0.05, 0) is 52.6 Å². The lowest BCUT2D eigenvalue weighted by molar-refractivity contribution is -0.884. The second-order valence-electron chi connectivity index (χ2n) is 8.88. The van der Waals surface area contributed by atoms with Crippen LogP contribution in [0.5, 0.6) is 11.5 Å². The summed E-state index contributed by atoms with van der Waals surface area (Å²) in [6, 6.07) is 22.4. The molecule has 0 radical (unpaired) electrons. The first-order chi connectivity index (χ1) is 16.1. The normalized spacial score (nSPS) is 16.0. The molecule has 2 aliphatic rings. The fourth-order valence-corrected chi connectivity index (χ4v) is 4.38. The van der Waals surface area contributed by atoms with Crippen molar-refractivity contribution in [1.29, 1.82) is 0 Å². The molecule has 3 aromatic rings. The average Bonchev–Trinajstić information content (AvgIpc) is 3.32. The molecule has 5 rings (SSSR count). The van der Waals surface area contributed by atoms with E-state index in [1.807, 2.05) is 12.1 Å². The van der Waals surface area contributed by atoms with Crippen LogP contribution in [0.15, 0.2) is 66.7 Å². The largest absolute Gasteiger partial charge is 0.454 e. The summed E-state index contributed by atoms with van der Waals surface area (Å²) in [5.41, 5.74) is 5.34. The number of fused-ring (bicyclic) bond motifs is 1. The summed E-state index contributed by atoms with van der Waals surface area (Å²) in [7, 11) is 2.27. The summed E-state index contributed by atoms with van der Waals surface area (Å²) >= 11 is 0. The quantitative estimate of drug-likeness (QED) is 0.613. The third-order valence-electron chi connectivity index (χ3n) is 6.39. The Morgan fingerprint density at radius 1 is 0.909 bits per heavy atom. The Hall–Kier alpha value is -3.35. The molecule has 6 nitrogen and oxygen atoms in total. The molecule has 0 bridgehead atoms. The van der Waals surface area contributed by atoms with Gasteiger partial charge in [-0.3, -0.25) is 9.69 Å². The first-order valence-electron chi connectivity index (χ1n) is 11.5. The Bertz CT molecular complexity index is 1140. The molecule has 0 saturated carbocycles. The van der Waals surface area contributed by atoms with E-state index < -0.39 is 0 Å². The predicted octanol–water partition coefficient (Wildman–Crippen LogP) is 2.34. The lowest BCUT2D eigenvalue weighted by Gasteiger charge is -2.30. The molecule has 0 aliphatic carbocycles. The molecule has 0 aromatic heterocycles. The van der Waals surface area contributed by atoms with Gasteiger partial charge in [-0.25, -0.2) is 0 Å². The standard InChI is InChI=1S/C27H29N3O3/c1-29-10-12-30(13-11-29)18-21-5-3-7-23(15-21)22-6-2-4-20(14-22)17-28-27(31)24-8-9-25-26(16-24)33-19-32-25/h2-9,14-16H,10-13,17-19H2,1H3,(H,28,31)/p+1. The highest BCUT2D eigenvalue weighted by atomic mass is 16.7. The number of carbonyl (C=O) groups excluding carboxylic acids is 1. The number of likely N-dealkylation sites (N-methyl/N-ethyl adjacent to an activating group) is 1. The third-order valence-corrected chi connectivity index (χ3v) is 6.39. The predicted molar refractivity (Wildman–Crippen MR) is 128 cm³/mol. The number of amides is 1. The van der Waals surface area contributed by atoms with Crippen molar-refractivity contribution in [3.05, 3.63) is 83.4 Å². The molecular formula is C27H30N3O3+. The number of piperazine rings is 1. The van der Waals surface area contributed by atoms with Crippen LogP contribution in [0.1, 0.15) is 21.5 Å². The lowest BCUT2D eigenvalue weighted by Crippen LogP contribution is -3.11. The van der Waals surface area contributed by atoms with Crippen LogP contribution >= 0.6 is 0 Å². The van der Waals surface area contributed by atoms with Crippen LogP contribution in [0.2, 0.25) is 0 Å². The van der Waals surface area contributed by atoms with E-state index in [2.05, 4.69) is 53.7 Å². The van der Waals surface area contributed by atoms with Gasteiger partial charge in [0, 0.05) is 31.7 Å². The van der Waals surface area contributed by atoms with Crippen LogP contribution in [-0.4, -0.2) is 50.8 Å². The van der Waals surface area contributed by atoms with Crippen molar-refractivity contribution in [1.82, 2.24) is 10.2 Å². The van der Waals surface area contributed by atoms with Gasteiger partial charge >= 0.3 is 0 Å². The van der Waals surface area contributed by atoms with Crippen LogP contribution in [0.3, 0.4) is 0 Å². The SMILES string of the molecule is C[NH+]1CCN(Cc2cccc(-c3cccc(CNC(=O)c4ccc5c(c4)OCO5)c3)c2)CC1. The minimum atomic E-state index is -0.130. The number of hydrogen-bond acceptors (Lipinski definition) is 4. The van der Waals surface area contributed by atoms with Crippen LogP contribution in [-0.2, 0) is 13.1 Å². The van der Waals surface area contributed by atoms with E-state index in [9.17, 15) is 4.79 Å². The first-order valence-corrected chi connectivity index (χ1v) is 11.5. The van der Waals surface area contributed by atoms with E-state index >= 15 is 0 Å². The Kier molecular flexibility index (Phi) is 6.28. The zero-order chi connectivity index (χ0) is 22.6. The number of quaternary nitrogens is 1. The number of benzene rings is 3. The average molecular weight is 445 g/mol. The summed E-state index contributed by atoms with van der Waals surface area (Å²) < 4.78 is 10.7. The van der Waals surface area contributed by atoms with Crippen LogP contribution < -0.4 is 19.7 Å². The second kappa shape index (κ2) is 9.65. The van der Waals surface area contributed by atoms with Gasteiger partial charge < -0.3 is 19.7 Å². The fourth-order valence-electron chi connectivity index (χ4n) is 4.38. The van der Waals surface area contributed by atoms with Gasteiger partial charge in [0.1, 0.15) is 0 Å². The Morgan fingerprint density at radius 2 is 1.61 bits per heavy atom. The number of rotatable bonds is 6. The van der Waals surface area contributed by atoms with Crippen molar-refractivity contribution in [2.24, 2.45) is 0 Å². The maximum atomic E-state index is 12.6. The first kappa shape index (κ1) is 21.5. The maximum Gasteiger partial charge on any atom is 0.251 e. The molecule has 1 saturated heterocycles. The number of carbonyl (C=O) groups is 1. The molecule has 0 atom stereocenters. The van der Waals surface area contributed by atoms with Gasteiger partial charge in [0.25, 0.3) is 5.91 Å². The number of ether oxygens (including phenoxy) is 2. The molecule has 1 amide bonds. The van der Waals surface area contributed by atoms with E-state index in [1.54, 1.807) is 23.1 Å².